The molecule has 0 unspecified atom stereocenters. The molecule has 104 valence electrons. The molecule has 2 rings (SSSR count). The van der Waals surface area contributed by atoms with E-state index in [0.717, 1.165) is 5.69 Å². The van der Waals surface area contributed by atoms with Crippen LogP contribution in [-0.2, 0) is 6.54 Å². The number of nitrogens with two attached hydrogens (primary N) is 1. The minimum atomic E-state index is -0.105. The number of benzene rings is 2. The molecule has 4 heteroatoms. The molecule has 0 spiro atoms. The topological polar surface area (TPSA) is 67.1 Å². The van der Waals surface area contributed by atoms with Gasteiger partial charge < -0.3 is 16.4 Å². The molecule has 0 saturated carbocycles. The highest BCUT2D eigenvalue weighted by Gasteiger charge is 2.09. The summed E-state index contributed by atoms with van der Waals surface area (Å²) in [6.45, 7) is 1.60. The van der Waals surface area contributed by atoms with Crippen LogP contribution in [0.15, 0.2) is 54.6 Å². The van der Waals surface area contributed by atoms with Crippen LogP contribution >= 0.6 is 0 Å². The summed E-state index contributed by atoms with van der Waals surface area (Å²) >= 11 is 0. The maximum atomic E-state index is 12.0. The van der Waals surface area contributed by atoms with Gasteiger partial charge in [-0.25, -0.2) is 0 Å². The van der Waals surface area contributed by atoms with E-state index in [1.807, 2.05) is 48.5 Å². The van der Waals surface area contributed by atoms with E-state index in [0.29, 0.717) is 25.2 Å². The second kappa shape index (κ2) is 7.31. The highest BCUT2D eigenvalue weighted by Crippen LogP contribution is 2.16. The van der Waals surface area contributed by atoms with Crippen molar-refractivity contribution in [3.8, 4) is 0 Å². The van der Waals surface area contributed by atoms with Crippen molar-refractivity contribution < 1.29 is 4.79 Å². The summed E-state index contributed by atoms with van der Waals surface area (Å²) in [6, 6.07) is 17.5. The fourth-order valence-corrected chi connectivity index (χ4v) is 1.91. The van der Waals surface area contributed by atoms with E-state index in [-0.39, 0.29) is 5.91 Å². The lowest BCUT2D eigenvalue weighted by atomic mass is 10.1. The van der Waals surface area contributed by atoms with Crippen molar-refractivity contribution in [1.82, 2.24) is 5.32 Å². The molecule has 0 radical (unpaired) electrons. The first-order valence-electron chi connectivity index (χ1n) is 6.66. The van der Waals surface area contributed by atoms with E-state index in [1.165, 1.54) is 5.56 Å². The molecule has 1 amide bonds. The van der Waals surface area contributed by atoms with Gasteiger partial charge in [-0.05, 0) is 17.7 Å². The molecule has 0 saturated heterocycles. The summed E-state index contributed by atoms with van der Waals surface area (Å²) < 4.78 is 0. The molecule has 2 aromatic rings. The van der Waals surface area contributed by atoms with Crippen molar-refractivity contribution in [1.29, 1.82) is 0 Å². The Morgan fingerprint density at radius 1 is 1.00 bits per heavy atom. The lowest BCUT2D eigenvalue weighted by Crippen LogP contribution is -2.29. The minimum absolute atomic E-state index is 0.105. The Kier molecular flexibility index (Phi) is 5.15. The quantitative estimate of drug-likeness (QED) is 0.751. The third-order valence-electron chi connectivity index (χ3n) is 2.93. The summed E-state index contributed by atoms with van der Waals surface area (Å²) in [4.78, 5) is 12.0. The summed E-state index contributed by atoms with van der Waals surface area (Å²) in [5.74, 6) is -0.105. The van der Waals surface area contributed by atoms with E-state index in [4.69, 9.17) is 5.73 Å². The molecule has 0 atom stereocenters. The number of rotatable bonds is 6. The number of carbonyl (C=O) groups is 1. The SMILES string of the molecule is NCCNC(=O)c1ccccc1NCc1ccccc1. The van der Waals surface area contributed by atoms with Crippen LogP contribution in [0.25, 0.3) is 0 Å². The molecule has 20 heavy (non-hydrogen) atoms. The Morgan fingerprint density at radius 2 is 1.70 bits per heavy atom. The van der Waals surface area contributed by atoms with Gasteiger partial charge in [0.25, 0.3) is 5.91 Å². The predicted molar refractivity (Wildman–Crippen MR) is 81.6 cm³/mol. The molecule has 0 aliphatic carbocycles. The number of hydrogen-bond donors (Lipinski definition) is 3. The predicted octanol–water partition coefficient (Wildman–Crippen LogP) is 1.99. The first kappa shape index (κ1) is 14.1. The van der Waals surface area contributed by atoms with Crippen LogP contribution in [-0.4, -0.2) is 19.0 Å². The van der Waals surface area contributed by atoms with E-state index in [9.17, 15) is 4.79 Å². The Bertz CT molecular complexity index is 555. The molecule has 0 aromatic heterocycles. The average molecular weight is 269 g/mol. The zero-order valence-electron chi connectivity index (χ0n) is 11.3. The Morgan fingerprint density at radius 3 is 2.45 bits per heavy atom. The number of amides is 1. The van der Waals surface area contributed by atoms with E-state index in [1.54, 1.807) is 6.07 Å². The van der Waals surface area contributed by atoms with Crippen LogP contribution in [0.2, 0.25) is 0 Å². The summed E-state index contributed by atoms with van der Waals surface area (Å²) in [5, 5.41) is 6.08. The molecular weight excluding hydrogens is 250 g/mol. The van der Waals surface area contributed by atoms with Crippen LogP contribution in [0, 0.1) is 0 Å². The van der Waals surface area contributed by atoms with Gasteiger partial charge in [0.05, 0.1) is 5.56 Å². The second-order valence-corrected chi connectivity index (χ2v) is 4.43. The highest BCUT2D eigenvalue weighted by atomic mass is 16.1. The zero-order valence-corrected chi connectivity index (χ0v) is 11.3. The van der Waals surface area contributed by atoms with Gasteiger partial charge in [-0.3, -0.25) is 4.79 Å². The maximum Gasteiger partial charge on any atom is 0.253 e. The van der Waals surface area contributed by atoms with Gasteiger partial charge in [0.1, 0.15) is 0 Å². The monoisotopic (exact) mass is 269 g/mol. The van der Waals surface area contributed by atoms with Gasteiger partial charge in [-0.1, -0.05) is 42.5 Å². The van der Waals surface area contributed by atoms with Gasteiger partial charge >= 0.3 is 0 Å². The number of hydrogen-bond acceptors (Lipinski definition) is 3. The first-order valence-corrected chi connectivity index (χ1v) is 6.66. The highest BCUT2D eigenvalue weighted by molar-refractivity contribution is 5.99. The average Bonchev–Trinajstić information content (AvgIpc) is 2.52. The van der Waals surface area contributed by atoms with E-state index >= 15 is 0 Å². The second-order valence-electron chi connectivity index (χ2n) is 4.43. The van der Waals surface area contributed by atoms with Crippen molar-refractivity contribution in [2.24, 2.45) is 5.73 Å². The van der Waals surface area contributed by atoms with E-state index < -0.39 is 0 Å². The van der Waals surface area contributed by atoms with Gasteiger partial charge in [-0.15, -0.1) is 0 Å². The molecule has 0 heterocycles. The smallest absolute Gasteiger partial charge is 0.253 e. The van der Waals surface area contributed by atoms with Crippen molar-refractivity contribution in [3.05, 3.63) is 65.7 Å². The number of nitrogens with one attached hydrogen (secondary N) is 2. The Hall–Kier alpha value is -2.33. The largest absolute Gasteiger partial charge is 0.380 e. The van der Waals surface area contributed by atoms with Crippen molar-refractivity contribution >= 4 is 11.6 Å². The summed E-state index contributed by atoms with van der Waals surface area (Å²) in [5.41, 5.74) is 8.03. The molecule has 4 nitrogen and oxygen atoms in total. The van der Waals surface area contributed by atoms with Crippen LogP contribution in [0.5, 0.6) is 0 Å². The standard InChI is InChI=1S/C16H19N3O/c17-10-11-18-16(20)14-8-4-5-9-15(14)19-12-13-6-2-1-3-7-13/h1-9,19H,10-12,17H2,(H,18,20). The molecule has 0 aliphatic rings. The fourth-order valence-electron chi connectivity index (χ4n) is 1.91. The lowest BCUT2D eigenvalue weighted by molar-refractivity contribution is 0.0955. The van der Waals surface area contributed by atoms with Gasteiger partial charge in [0.15, 0.2) is 0 Å². The van der Waals surface area contributed by atoms with Gasteiger partial charge in [0.2, 0.25) is 0 Å². The molecule has 4 N–H and O–H groups in total. The van der Waals surface area contributed by atoms with Crippen molar-refractivity contribution in [2.45, 2.75) is 6.54 Å². The van der Waals surface area contributed by atoms with Gasteiger partial charge in [0, 0.05) is 25.3 Å². The molecule has 0 fully saturated rings. The third kappa shape index (κ3) is 3.83. The minimum Gasteiger partial charge on any atom is -0.380 e. The van der Waals surface area contributed by atoms with Crippen LogP contribution in [0.4, 0.5) is 5.69 Å². The van der Waals surface area contributed by atoms with Crippen LogP contribution in [0.3, 0.4) is 0 Å². The van der Waals surface area contributed by atoms with Gasteiger partial charge in [-0.2, -0.15) is 0 Å². The third-order valence-corrected chi connectivity index (χ3v) is 2.93. The molecule has 0 bridgehead atoms. The first-order chi connectivity index (χ1) is 9.81. The Balaban J connectivity index is 2.06. The fraction of sp³-hybridized carbons (Fsp3) is 0.188. The molecular formula is C16H19N3O. The van der Waals surface area contributed by atoms with Crippen LogP contribution < -0.4 is 16.4 Å². The number of anilines is 1. The Labute approximate surface area is 119 Å². The van der Waals surface area contributed by atoms with E-state index in [2.05, 4.69) is 10.6 Å². The molecule has 2 aromatic carbocycles. The number of para-hydroxylation sites is 1. The number of carbonyl (C=O) groups excluding carboxylic acids is 1. The summed E-state index contributed by atoms with van der Waals surface area (Å²) in [6.07, 6.45) is 0. The normalized spacial score (nSPS) is 10.1. The lowest BCUT2D eigenvalue weighted by Gasteiger charge is -2.12. The maximum absolute atomic E-state index is 12.0. The van der Waals surface area contributed by atoms with Crippen molar-refractivity contribution in [3.63, 3.8) is 0 Å². The van der Waals surface area contributed by atoms with Crippen LogP contribution in [0.1, 0.15) is 15.9 Å². The van der Waals surface area contributed by atoms with Crippen molar-refractivity contribution in [2.75, 3.05) is 18.4 Å². The zero-order chi connectivity index (χ0) is 14.2. The summed E-state index contributed by atoms with van der Waals surface area (Å²) in [7, 11) is 0. The molecule has 0 aliphatic heterocycles.